The number of anilines is 1. The number of benzene rings is 3. The second-order valence-corrected chi connectivity index (χ2v) is 8.19. The molecule has 7 heteroatoms. The molecular formula is C29H34N4O3. The lowest BCUT2D eigenvalue weighted by Crippen LogP contribution is -2.17. The van der Waals surface area contributed by atoms with E-state index in [1.54, 1.807) is 36.7 Å². The second-order valence-electron chi connectivity index (χ2n) is 8.19. The van der Waals surface area contributed by atoms with E-state index >= 15 is 0 Å². The molecule has 0 fully saturated rings. The molecule has 0 unspecified atom stereocenters. The molecule has 0 saturated heterocycles. The molecular weight excluding hydrogens is 452 g/mol. The van der Waals surface area contributed by atoms with Gasteiger partial charge in [0.1, 0.15) is 11.5 Å². The molecule has 1 amide bonds. The molecule has 0 aliphatic heterocycles. The zero-order valence-electron chi connectivity index (χ0n) is 20.9. The van der Waals surface area contributed by atoms with Crippen LogP contribution in [0.2, 0.25) is 0 Å². The normalized spacial score (nSPS) is 11.1. The van der Waals surface area contributed by atoms with Crippen molar-refractivity contribution >= 4 is 24.0 Å². The molecule has 36 heavy (non-hydrogen) atoms. The predicted molar refractivity (Wildman–Crippen MR) is 146 cm³/mol. The lowest BCUT2D eigenvalue weighted by atomic mass is 10.2. The summed E-state index contributed by atoms with van der Waals surface area (Å²) in [5.41, 5.74) is 8.61. The number of amides is 1. The number of hydrazone groups is 2. The minimum atomic E-state index is -0.290. The van der Waals surface area contributed by atoms with Gasteiger partial charge in [-0.2, -0.15) is 10.2 Å². The molecule has 0 radical (unpaired) electrons. The topological polar surface area (TPSA) is 84.3 Å². The maximum absolute atomic E-state index is 12.4. The van der Waals surface area contributed by atoms with Gasteiger partial charge in [0.25, 0.3) is 5.91 Å². The van der Waals surface area contributed by atoms with Gasteiger partial charge in [-0.15, -0.1) is 0 Å². The highest BCUT2D eigenvalue weighted by Gasteiger charge is 2.04. The molecule has 0 aliphatic rings. The highest BCUT2D eigenvalue weighted by atomic mass is 16.5. The number of unbranched alkanes of at least 4 members (excludes halogenated alkanes) is 2. The molecule has 3 aromatic rings. The van der Waals surface area contributed by atoms with Gasteiger partial charge in [0.2, 0.25) is 0 Å². The third kappa shape index (κ3) is 9.25. The first-order valence-electron chi connectivity index (χ1n) is 12.4. The standard InChI is InChI=1S/C29H34N4O3/c1-3-5-19-35-27-15-7-23(8-16-27)21-30-32-26-13-11-25(12-14-26)29(34)33-31-22-24-9-17-28(18-10-24)36-20-6-4-2/h7-18,21-22,32H,3-6,19-20H2,1-2H3,(H,33,34)/b30-21+,31-22+. The van der Waals surface area contributed by atoms with Crippen molar-refractivity contribution in [2.75, 3.05) is 18.6 Å². The van der Waals surface area contributed by atoms with Crippen molar-refractivity contribution in [1.82, 2.24) is 5.43 Å². The minimum Gasteiger partial charge on any atom is -0.494 e. The minimum absolute atomic E-state index is 0.290. The number of carbonyl (C=O) groups excluding carboxylic acids is 1. The van der Waals surface area contributed by atoms with Crippen LogP contribution in [0.15, 0.2) is 83.0 Å². The number of nitrogens with one attached hydrogen (secondary N) is 2. The summed E-state index contributed by atoms with van der Waals surface area (Å²) in [5.74, 6) is 1.40. The van der Waals surface area contributed by atoms with E-state index in [1.807, 2.05) is 48.5 Å². The number of hydrogen-bond acceptors (Lipinski definition) is 6. The van der Waals surface area contributed by atoms with E-state index in [0.717, 1.165) is 60.6 Å². The number of rotatable bonds is 14. The van der Waals surface area contributed by atoms with Crippen molar-refractivity contribution in [3.05, 3.63) is 89.5 Å². The molecule has 0 bridgehead atoms. The van der Waals surface area contributed by atoms with Crippen LogP contribution in [0.5, 0.6) is 11.5 Å². The first-order valence-corrected chi connectivity index (χ1v) is 12.4. The van der Waals surface area contributed by atoms with E-state index in [0.29, 0.717) is 12.2 Å². The lowest BCUT2D eigenvalue weighted by molar-refractivity contribution is 0.0955. The largest absolute Gasteiger partial charge is 0.494 e. The van der Waals surface area contributed by atoms with Crippen molar-refractivity contribution in [1.29, 1.82) is 0 Å². The molecule has 7 nitrogen and oxygen atoms in total. The predicted octanol–water partition coefficient (Wildman–Crippen LogP) is 6.25. The molecule has 3 rings (SSSR count). The summed E-state index contributed by atoms with van der Waals surface area (Å²) in [7, 11) is 0. The Labute approximate surface area is 213 Å². The molecule has 3 aromatic carbocycles. The summed E-state index contributed by atoms with van der Waals surface area (Å²) in [6, 6.07) is 22.4. The van der Waals surface area contributed by atoms with E-state index in [1.165, 1.54) is 0 Å². The molecule has 2 N–H and O–H groups in total. The molecule has 0 aliphatic carbocycles. The fraction of sp³-hybridized carbons (Fsp3) is 0.276. The Balaban J connectivity index is 1.42. The SMILES string of the molecule is CCCCOc1ccc(/C=N/NC(=O)c2ccc(N/N=C/c3ccc(OCCCC)cc3)cc2)cc1. The Morgan fingerprint density at radius 2 is 1.22 bits per heavy atom. The van der Waals surface area contributed by atoms with Crippen LogP contribution in [-0.2, 0) is 0 Å². The van der Waals surface area contributed by atoms with Crippen LogP contribution in [0.4, 0.5) is 5.69 Å². The number of hydrogen-bond donors (Lipinski definition) is 2. The molecule has 0 saturated carbocycles. The molecule has 0 heterocycles. The van der Waals surface area contributed by atoms with Crippen LogP contribution in [0.25, 0.3) is 0 Å². The van der Waals surface area contributed by atoms with Gasteiger partial charge in [-0.1, -0.05) is 26.7 Å². The Kier molecular flexibility index (Phi) is 11.0. The van der Waals surface area contributed by atoms with Gasteiger partial charge in [0.15, 0.2) is 0 Å². The monoisotopic (exact) mass is 486 g/mol. The van der Waals surface area contributed by atoms with Crippen molar-refractivity contribution in [2.24, 2.45) is 10.2 Å². The van der Waals surface area contributed by atoms with Crippen LogP contribution in [0.3, 0.4) is 0 Å². The van der Waals surface area contributed by atoms with Crippen molar-refractivity contribution in [3.63, 3.8) is 0 Å². The van der Waals surface area contributed by atoms with E-state index in [9.17, 15) is 4.79 Å². The lowest BCUT2D eigenvalue weighted by Gasteiger charge is -2.05. The van der Waals surface area contributed by atoms with Crippen LogP contribution >= 0.6 is 0 Å². The maximum Gasteiger partial charge on any atom is 0.271 e. The second kappa shape index (κ2) is 15.0. The summed E-state index contributed by atoms with van der Waals surface area (Å²) in [4.78, 5) is 12.4. The Bertz CT molecular complexity index is 1110. The van der Waals surface area contributed by atoms with E-state index in [4.69, 9.17) is 9.47 Å². The summed E-state index contributed by atoms with van der Waals surface area (Å²) in [5, 5.41) is 8.29. The number of nitrogens with zero attached hydrogens (tertiary/aromatic N) is 2. The van der Waals surface area contributed by atoms with E-state index in [-0.39, 0.29) is 5.91 Å². The quantitative estimate of drug-likeness (QED) is 0.160. The molecule has 188 valence electrons. The molecule has 0 atom stereocenters. The van der Waals surface area contributed by atoms with Gasteiger partial charge in [0, 0.05) is 5.56 Å². The van der Waals surface area contributed by atoms with Crippen LogP contribution < -0.4 is 20.3 Å². The van der Waals surface area contributed by atoms with Crippen molar-refractivity contribution < 1.29 is 14.3 Å². The number of carbonyl (C=O) groups is 1. The van der Waals surface area contributed by atoms with Crippen LogP contribution in [0, 0.1) is 0 Å². The maximum atomic E-state index is 12.4. The first kappa shape index (κ1) is 26.5. The van der Waals surface area contributed by atoms with Crippen molar-refractivity contribution in [2.45, 2.75) is 39.5 Å². The zero-order valence-corrected chi connectivity index (χ0v) is 20.9. The first-order chi connectivity index (χ1) is 17.7. The van der Waals surface area contributed by atoms with Gasteiger partial charge in [-0.05, 0) is 96.8 Å². The van der Waals surface area contributed by atoms with Gasteiger partial charge in [-0.25, -0.2) is 5.43 Å². The Morgan fingerprint density at radius 1 is 0.722 bits per heavy atom. The van der Waals surface area contributed by atoms with E-state index in [2.05, 4.69) is 34.9 Å². The average molecular weight is 487 g/mol. The Morgan fingerprint density at radius 3 is 1.72 bits per heavy atom. The highest BCUT2D eigenvalue weighted by Crippen LogP contribution is 2.13. The third-order valence-electron chi connectivity index (χ3n) is 5.23. The third-order valence-corrected chi connectivity index (χ3v) is 5.23. The Hall–Kier alpha value is -4.13. The number of ether oxygens (including phenoxy) is 2. The fourth-order valence-corrected chi connectivity index (χ4v) is 3.08. The smallest absolute Gasteiger partial charge is 0.271 e. The molecule has 0 aromatic heterocycles. The van der Waals surface area contributed by atoms with E-state index < -0.39 is 0 Å². The van der Waals surface area contributed by atoms with Gasteiger partial charge >= 0.3 is 0 Å². The van der Waals surface area contributed by atoms with Gasteiger partial charge in [0.05, 0.1) is 31.3 Å². The van der Waals surface area contributed by atoms with Crippen LogP contribution in [0.1, 0.15) is 61.0 Å². The van der Waals surface area contributed by atoms with Gasteiger partial charge < -0.3 is 9.47 Å². The van der Waals surface area contributed by atoms with Crippen LogP contribution in [-0.4, -0.2) is 31.6 Å². The summed E-state index contributed by atoms with van der Waals surface area (Å²) in [6.07, 6.45) is 7.62. The van der Waals surface area contributed by atoms with Crippen molar-refractivity contribution in [3.8, 4) is 11.5 Å². The van der Waals surface area contributed by atoms with Gasteiger partial charge in [-0.3, -0.25) is 10.2 Å². The highest BCUT2D eigenvalue weighted by molar-refractivity contribution is 5.95. The fourth-order valence-electron chi connectivity index (χ4n) is 3.08. The summed E-state index contributed by atoms with van der Waals surface area (Å²) < 4.78 is 11.3. The average Bonchev–Trinajstić information content (AvgIpc) is 2.91. The molecule has 0 spiro atoms. The summed E-state index contributed by atoms with van der Waals surface area (Å²) >= 11 is 0. The zero-order chi connectivity index (χ0) is 25.4. The summed E-state index contributed by atoms with van der Waals surface area (Å²) in [6.45, 7) is 5.71.